The molecule has 0 amide bonds. The largest absolute Gasteiger partial charge is 0.347 e. The second kappa shape index (κ2) is 1.91. The second-order valence-corrected chi connectivity index (χ2v) is 6.64. The minimum absolute atomic E-state index is 0.291. The first-order chi connectivity index (χ1) is 7.84. The van der Waals surface area contributed by atoms with Gasteiger partial charge in [-0.15, -0.1) is 0 Å². The van der Waals surface area contributed by atoms with E-state index in [9.17, 15) is 4.79 Å². The average molecular weight is 218 g/mol. The van der Waals surface area contributed by atoms with E-state index in [-0.39, 0.29) is 5.79 Å². The van der Waals surface area contributed by atoms with Crippen molar-refractivity contribution in [3.63, 3.8) is 0 Å². The van der Waals surface area contributed by atoms with Crippen LogP contribution in [0.4, 0.5) is 0 Å². The van der Waals surface area contributed by atoms with E-state index in [0.717, 1.165) is 36.9 Å². The summed E-state index contributed by atoms with van der Waals surface area (Å²) in [6.07, 6.45) is 1.30. The normalized spacial score (nSPS) is 69.9. The third kappa shape index (κ3) is 0.458. The lowest BCUT2D eigenvalue weighted by molar-refractivity contribution is -0.252. The number of ether oxygens (including phenoxy) is 2. The minimum Gasteiger partial charge on any atom is -0.347 e. The number of carbonyl (C=O) groups excluding carboxylic acids is 1. The van der Waals surface area contributed by atoms with Crippen LogP contribution in [0, 0.1) is 47.3 Å². The highest BCUT2D eigenvalue weighted by Crippen LogP contribution is 2.85. The Kier molecular flexibility index (Phi) is 0.933. The lowest BCUT2D eigenvalue weighted by Gasteiger charge is -2.49. The van der Waals surface area contributed by atoms with Gasteiger partial charge in [0.1, 0.15) is 5.78 Å². The maximum absolute atomic E-state index is 12.3. The smallest absolute Gasteiger partial charge is 0.176 e. The molecular formula is C13H14O3. The van der Waals surface area contributed by atoms with Crippen molar-refractivity contribution in [1.29, 1.82) is 0 Å². The van der Waals surface area contributed by atoms with Gasteiger partial charge in [-0.3, -0.25) is 4.79 Å². The van der Waals surface area contributed by atoms with Crippen LogP contribution in [0.2, 0.25) is 0 Å². The first-order valence-electron chi connectivity index (χ1n) is 6.66. The topological polar surface area (TPSA) is 35.5 Å². The van der Waals surface area contributed by atoms with E-state index in [1.165, 1.54) is 6.42 Å². The summed E-state index contributed by atoms with van der Waals surface area (Å²) >= 11 is 0. The SMILES string of the molecule is O=C1[C@@H]2[C@@H]3[C@@H]4C[C@H]5[C@H]3[C@@H]2C2(OCCO2)[C@@H]5[C@H]14. The van der Waals surface area contributed by atoms with Crippen molar-refractivity contribution in [3.05, 3.63) is 0 Å². The molecule has 0 aromatic heterocycles. The number of hydrogen-bond acceptors (Lipinski definition) is 3. The monoisotopic (exact) mass is 218 g/mol. The molecule has 0 radical (unpaired) electrons. The Morgan fingerprint density at radius 2 is 1.81 bits per heavy atom. The quantitative estimate of drug-likeness (QED) is 0.600. The van der Waals surface area contributed by atoms with Gasteiger partial charge in [-0.25, -0.2) is 0 Å². The highest BCUT2D eigenvalue weighted by atomic mass is 16.7. The van der Waals surface area contributed by atoms with Crippen molar-refractivity contribution in [2.45, 2.75) is 12.2 Å². The highest BCUT2D eigenvalue weighted by molar-refractivity contribution is 5.91. The lowest BCUT2D eigenvalue weighted by atomic mass is 9.58. The van der Waals surface area contributed by atoms with Crippen molar-refractivity contribution in [1.82, 2.24) is 0 Å². The van der Waals surface area contributed by atoms with E-state index >= 15 is 0 Å². The Morgan fingerprint density at radius 3 is 2.62 bits per heavy atom. The fraction of sp³-hybridized carbons (Fsp3) is 0.923. The third-order valence-corrected chi connectivity index (χ3v) is 6.83. The molecule has 1 aliphatic heterocycles. The van der Waals surface area contributed by atoms with Crippen molar-refractivity contribution < 1.29 is 14.3 Å². The van der Waals surface area contributed by atoms with Gasteiger partial charge in [0.15, 0.2) is 5.79 Å². The molecule has 1 saturated heterocycles. The summed E-state index contributed by atoms with van der Waals surface area (Å²) in [7, 11) is 0. The van der Waals surface area contributed by atoms with Gasteiger partial charge >= 0.3 is 0 Å². The molecular weight excluding hydrogens is 204 g/mol. The van der Waals surface area contributed by atoms with Crippen molar-refractivity contribution in [2.24, 2.45) is 47.3 Å². The molecule has 3 heteroatoms. The molecule has 6 rings (SSSR count). The van der Waals surface area contributed by atoms with E-state index in [0.29, 0.717) is 29.5 Å². The summed E-state index contributed by atoms with van der Waals surface area (Å²) < 4.78 is 12.1. The summed E-state index contributed by atoms with van der Waals surface area (Å²) in [5.41, 5.74) is 0. The summed E-state index contributed by atoms with van der Waals surface area (Å²) in [4.78, 5) is 12.3. The van der Waals surface area contributed by atoms with Gasteiger partial charge in [0, 0.05) is 23.7 Å². The number of rotatable bonds is 0. The molecule has 0 N–H and O–H groups in total. The van der Waals surface area contributed by atoms with Gasteiger partial charge in [-0.2, -0.15) is 0 Å². The van der Waals surface area contributed by atoms with Crippen LogP contribution < -0.4 is 0 Å². The second-order valence-electron chi connectivity index (χ2n) is 6.64. The molecule has 6 aliphatic rings. The van der Waals surface area contributed by atoms with Crippen LogP contribution in [0.3, 0.4) is 0 Å². The molecule has 0 aromatic rings. The van der Waals surface area contributed by atoms with Gasteiger partial charge in [0.05, 0.1) is 13.2 Å². The first kappa shape index (κ1) is 7.83. The van der Waals surface area contributed by atoms with Gasteiger partial charge < -0.3 is 9.47 Å². The molecule has 0 unspecified atom stereocenters. The molecule has 8 atom stereocenters. The average Bonchev–Trinajstić information content (AvgIpc) is 2.87. The van der Waals surface area contributed by atoms with Crippen molar-refractivity contribution in [2.75, 3.05) is 13.2 Å². The zero-order valence-electron chi connectivity index (χ0n) is 8.96. The highest BCUT2D eigenvalue weighted by Gasteiger charge is 2.89. The molecule has 6 fully saturated rings. The molecule has 3 nitrogen and oxygen atoms in total. The standard InChI is InChI=1S/C13H14O3/c14-12-8-4-3-5-7-6(4)9(12)11(7)13(10(5)8)15-1-2-16-13/h4-11H,1-3H2/t4-,5-,6+,7+,8+,9+,10-,11-/m0/s1. The van der Waals surface area contributed by atoms with E-state index < -0.39 is 0 Å². The number of Topliss-reactive ketones (excluding diaryl/α,β-unsaturated/α-hetero) is 1. The Bertz CT molecular complexity index is 438. The van der Waals surface area contributed by atoms with Gasteiger partial charge in [0.25, 0.3) is 0 Å². The summed E-state index contributed by atoms with van der Waals surface area (Å²) in [5.74, 6) is 4.88. The molecule has 5 saturated carbocycles. The number of carbonyl (C=O) groups is 1. The van der Waals surface area contributed by atoms with Gasteiger partial charge in [-0.05, 0) is 30.1 Å². The molecule has 0 aromatic carbocycles. The van der Waals surface area contributed by atoms with E-state index in [4.69, 9.17) is 9.47 Å². The Hall–Kier alpha value is -0.410. The summed E-state index contributed by atoms with van der Waals surface area (Å²) in [6, 6.07) is 0. The lowest BCUT2D eigenvalue weighted by Crippen LogP contribution is -2.58. The maximum atomic E-state index is 12.3. The fourth-order valence-corrected chi connectivity index (χ4v) is 6.94. The Balaban J connectivity index is 1.66. The Labute approximate surface area is 93.5 Å². The first-order valence-corrected chi connectivity index (χ1v) is 6.66. The van der Waals surface area contributed by atoms with Gasteiger partial charge in [-0.1, -0.05) is 0 Å². The van der Waals surface area contributed by atoms with Crippen LogP contribution in [0.25, 0.3) is 0 Å². The Morgan fingerprint density at radius 1 is 1.00 bits per heavy atom. The van der Waals surface area contributed by atoms with E-state index in [1.807, 2.05) is 0 Å². The number of fused-ring (bicyclic) bond motifs is 4. The molecule has 1 heterocycles. The van der Waals surface area contributed by atoms with Crippen LogP contribution in [-0.2, 0) is 14.3 Å². The molecule has 16 heavy (non-hydrogen) atoms. The van der Waals surface area contributed by atoms with Crippen LogP contribution >= 0.6 is 0 Å². The third-order valence-electron chi connectivity index (χ3n) is 6.83. The van der Waals surface area contributed by atoms with Crippen LogP contribution in [0.5, 0.6) is 0 Å². The zero-order chi connectivity index (χ0) is 10.2. The number of hydrogen-bond donors (Lipinski definition) is 0. The fourth-order valence-electron chi connectivity index (χ4n) is 6.94. The van der Waals surface area contributed by atoms with Crippen molar-refractivity contribution in [3.8, 4) is 0 Å². The summed E-state index contributed by atoms with van der Waals surface area (Å²) in [6.45, 7) is 1.49. The molecule has 84 valence electrons. The van der Waals surface area contributed by atoms with Crippen LogP contribution in [0.1, 0.15) is 6.42 Å². The summed E-state index contributed by atoms with van der Waals surface area (Å²) in [5, 5.41) is 0. The van der Waals surface area contributed by atoms with Crippen LogP contribution in [-0.4, -0.2) is 24.8 Å². The van der Waals surface area contributed by atoms with Crippen LogP contribution in [0.15, 0.2) is 0 Å². The predicted molar refractivity (Wildman–Crippen MR) is 52.2 cm³/mol. The molecule has 1 spiro atoms. The van der Waals surface area contributed by atoms with E-state index in [2.05, 4.69) is 0 Å². The number of ketones is 1. The van der Waals surface area contributed by atoms with Gasteiger partial charge in [0.2, 0.25) is 0 Å². The van der Waals surface area contributed by atoms with E-state index in [1.54, 1.807) is 0 Å². The van der Waals surface area contributed by atoms with Crippen molar-refractivity contribution >= 4 is 5.78 Å². The predicted octanol–water partition coefficient (Wildman–Crippen LogP) is 0.686. The molecule has 2 bridgehead atoms. The molecule has 5 aliphatic carbocycles. The minimum atomic E-state index is -0.291. The zero-order valence-corrected chi connectivity index (χ0v) is 8.96. The maximum Gasteiger partial charge on any atom is 0.176 e.